The van der Waals surface area contributed by atoms with Crippen LogP contribution in [0.5, 0.6) is 0 Å². The van der Waals surface area contributed by atoms with Gasteiger partial charge in [-0.25, -0.2) is 10.2 Å². The third kappa shape index (κ3) is 4.58. The fraction of sp³-hybridized carbons (Fsp3) is 0.556. The monoisotopic (exact) mass is 302 g/mol. The van der Waals surface area contributed by atoms with Gasteiger partial charge in [0, 0.05) is 0 Å². The van der Waals surface area contributed by atoms with Crippen molar-refractivity contribution in [1.29, 1.82) is 0 Å². The lowest BCUT2D eigenvalue weighted by molar-refractivity contribution is 0.0529. The highest BCUT2D eigenvalue weighted by atomic mass is 16.6. The Morgan fingerprint density at radius 1 is 1.23 bits per heavy atom. The van der Waals surface area contributed by atoms with Crippen molar-refractivity contribution in [2.24, 2.45) is 5.10 Å². The molecule has 0 bridgehead atoms. The Kier molecular flexibility index (Phi) is 5.22. The number of amides is 1. The zero-order valence-electron chi connectivity index (χ0n) is 14.0. The lowest BCUT2D eigenvalue weighted by Gasteiger charge is -2.19. The van der Waals surface area contributed by atoms with E-state index in [0.717, 1.165) is 24.1 Å². The van der Waals surface area contributed by atoms with E-state index in [4.69, 9.17) is 4.74 Å². The molecule has 0 heterocycles. The Balaban J connectivity index is 2.10. The summed E-state index contributed by atoms with van der Waals surface area (Å²) >= 11 is 0. The van der Waals surface area contributed by atoms with Gasteiger partial charge in [0.15, 0.2) is 0 Å². The predicted octanol–water partition coefficient (Wildman–Crippen LogP) is 4.20. The molecule has 1 aliphatic carbocycles. The minimum Gasteiger partial charge on any atom is -0.443 e. The van der Waals surface area contributed by atoms with Crippen LogP contribution in [-0.2, 0) is 17.6 Å². The highest BCUT2D eigenvalue weighted by molar-refractivity contribution is 6.01. The first-order valence-electron chi connectivity index (χ1n) is 8.07. The maximum Gasteiger partial charge on any atom is 0.428 e. The zero-order valence-corrected chi connectivity index (χ0v) is 14.0. The minimum absolute atomic E-state index is 0.516. The summed E-state index contributed by atoms with van der Waals surface area (Å²) in [5, 5.41) is 4.24. The second-order valence-electron chi connectivity index (χ2n) is 6.72. The van der Waals surface area contributed by atoms with Crippen LogP contribution in [0.1, 0.15) is 63.6 Å². The lowest BCUT2D eigenvalue weighted by atomic mass is 9.89. The van der Waals surface area contributed by atoms with Crippen molar-refractivity contribution in [3.8, 4) is 0 Å². The molecule has 1 N–H and O–H groups in total. The molecule has 0 aromatic heterocycles. The fourth-order valence-corrected chi connectivity index (χ4v) is 2.67. The molecule has 2 rings (SSSR count). The summed E-state index contributed by atoms with van der Waals surface area (Å²) < 4.78 is 5.20. The molecular weight excluding hydrogens is 276 g/mol. The van der Waals surface area contributed by atoms with Gasteiger partial charge < -0.3 is 4.74 Å². The van der Waals surface area contributed by atoms with Gasteiger partial charge in [0.25, 0.3) is 0 Å². The number of benzene rings is 1. The number of ether oxygens (including phenoxy) is 1. The Hall–Kier alpha value is -1.84. The summed E-state index contributed by atoms with van der Waals surface area (Å²) in [7, 11) is 0. The van der Waals surface area contributed by atoms with Gasteiger partial charge in [-0.1, -0.05) is 19.1 Å². The molecule has 1 amide bonds. The average molecular weight is 302 g/mol. The van der Waals surface area contributed by atoms with Gasteiger partial charge in [0.1, 0.15) is 5.60 Å². The third-order valence-electron chi connectivity index (χ3n) is 3.70. The first kappa shape index (κ1) is 16.5. The Morgan fingerprint density at radius 2 is 1.91 bits per heavy atom. The van der Waals surface area contributed by atoms with E-state index in [9.17, 15) is 4.79 Å². The number of hydrogen-bond donors (Lipinski definition) is 1. The first-order chi connectivity index (χ1) is 10.4. The van der Waals surface area contributed by atoms with E-state index in [1.807, 2.05) is 27.7 Å². The van der Waals surface area contributed by atoms with Gasteiger partial charge in [-0.2, -0.15) is 5.10 Å². The van der Waals surface area contributed by atoms with Gasteiger partial charge in [-0.3, -0.25) is 0 Å². The number of fused-ring (bicyclic) bond motifs is 1. The van der Waals surface area contributed by atoms with Crippen molar-refractivity contribution < 1.29 is 9.53 Å². The highest BCUT2D eigenvalue weighted by Gasteiger charge is 2.16. The van der Waals surface area contributed by atoms with E-state index in [1.165, 1.54) is 30.4 Å². The summed E-state index contributed by atoms with van der Waals surface area (Å²) in [4.78, 5) is 11.7. The number of nitrogens with one attached hydrogen (secondary N) is 1. The van der Waals surface area contributed by atoms with Crippen LogP contribution in [-0.4, -0.2) is 17.4 Å². The van der Waals surface area contributed by atoms with Gasteiger partial charge in [0.05, 0.1) is 5.71 Å². The molecule has 0 spiro atoms. The molecule has 0 unspecified atom stereocenters. The predicted molar refractivity (Wildman–Crippen MR) is 89.3 cm³/mol. The number of hydrogen-bond acceptors (Lipinski definition) is 3. The maximum absolute atomic E-state index is 11.7. The van der Waals surface area contributed by atoms with Gasteiger partial charge in [-0.05, 0) is 75.6 Å². The van der Waals surface area contributed by atoms with Crippen molar-refractivity contribution in [1.82, 2.24) is 5.43 Å². The molecule has 0 atom stereocenters. The largest absolute Gasteiger partial charge is 0.443 e. The van der Waals surface area contributed by atoms with Gasteiger partial charge in [-0.15, -0.1) is 0 Å². The molecule has 22 heavy (non-hydrogen) atoms. The third-order valence-corrected chi connectivity index (χ3v) is 3.70. The molecule has 1 aromatic rings. The van der Waals surface area contributed by atoms with Crippen LogP contribution in [0.3, 0.4) is 0 Å². The molecule has 4 heteroatoms. The van der Waals surface area contributed by atoms with E-state index in [0.29, 0.717) is 0 Å². The molecule has 4 nitrogen and oxygen atoms in total. The Labute approximate surface area is 132 Å². The van der Waals surface area contributed by atoms with Crippen molar-refractivity contribution in [3.63, 3.8) is 0 Å². The first-order valence-corrected chi connectivity index (χ1v) is 8.07. The van der Waals surface area contributed by atoms with Gasteiger partial charge >= 0.3 is 6.09 Å². The molecular formula is C18H26N2O2. The number of carbonyl (C=O) groups excluding carboxylic acids is 1. The summed E-state index contributed by atoms with van der Waals surface area (Å²) in [6.45, 7) is 7.54. The average Bonchev–Trinajstić information content (AvgIpc) is 2.46. The highest BCUT2D eigenvalue weighted by Crippen LogP contribution is 2.22. The number of rotatable bonds is 3. The van der Waals surface area contributed by atoms with E-state index in [2.05, 4.69) is 28.7 Å². The second kappa shape index (κ2) is 6.95. The zero-order chi connectivity index (χ0) is 16.2. The molecule has 1 aliphatic rings. The Morgan fingerprint density at radius 3 is 2.55 bits per heavy atom. The molecule has 0 radical (unpaired) electrons. The van der Waals surface area contributed by atoms with Crippen LogP contribution in [0.2, 0.25) is 0 Å². The number of nitrogens with zero attached hydrogens (tertiary/aromatic N) is 1. The normalized spacial score (nSPS) is 15.2. The lowest BCUT2D eigenvalue weighted by Crippen LogP contribution is -2.30. The van der Waals surface area contributed by atoms with E-state index >= 15 is 0 Å². The molecule has 0 fully saturated rings. The number of hydrazone groups is 1. The van der Waals surface area contributed by atoms with Crippen molar-refractivity contribution in [2.75, 3.05) is 0 Å². The maximum atomic E-state index is 11.7. The van der Waals surface area contributed by atoms with Crippen LogP contribution in [0.25, 0.3) is 0 Å². The number of carbonyl (C=O) groups is 1. The topological polar surface area (TPSA) is 50.7 Å². The Bertz CT molecular complexity index is 571. The van der Waals surface area contributed by atoms with E-state index in [1.54, 1.807) is 0 Å². The second-order valence-corrected chi connectivity index (χ2v) is 6.72. The van der Waals surface area contributed by atoms with Crippen molar-refractivity contribution >= 4 is 11.8 Å². The van der Waals surface area contributed by atoms with Crippen molar-refractivity contribution in [2.45, 2.75) is 65.4 Å². The smallest absolute Gasteiger partial charge is 0.428 e. The standard InChI is InChI=1S/C18H26N2O2/c1-5-16(19-20-17(21)22-18(2,3)4)15-11-10-13-8-6-7-9-14(13)12-15/h10-12H,5-9H2,1-4H3,(H,20,21). The van der Waals surface area contributed by atoms with E-state index < -0.39 is 11.7 Å². The van der Waals surface area contributed by atoms with Gasteiger partial charge in [0.2, 0.25) is 0 Å². The summed E-state index contributed by atoms with van der Waals surface area (Å²) in [6.07, 6.45) is 5.09. The van der Waals surface area contributed by atoms with E-state index in [-0.39, 0.29) is 0 Å². The van der Waals surface area contributed by atoms with Crippen LogP contribution in [0, 0.1) is 0 Å². The minimum atomic E-state index is -0.517. The fourth-order valence-electron chi connectivity index (χ4n) is 2.67. The van der Waals surface area contributed by atoms with Crippen LogP contribution >= 0.6 is 0 Å². The van der Waals surface area contributed by atoms with Crippen molar-refractivity contribution in [3.05, 3.63) is 34.9 Å². The van der Waals surface area contributed by atoms with Crippen LogP contribution in [0.4, 0.5) is 4.79 Å². The SMILES string of the molecule is CCC(=NNC(=O)OC(C)(C)C)c1ccc2c(c1)CCCC2. The summed E-state index contributed by atoms with van der Waals surface area (Å²) in [6, 6.07) is 6.51. The molecule has 1 aromatic carbocycles. The molecule has 0 saturated carbocycles. The summed E-state index contributed by atoms with van der Waals surface area (Å²) in [5.41, 5.74) is 6.80. The molecule has 0 aliphatic heterocycles. The number of aryl methyl sites for hydroxylation is 2. The summed E-state index contributed by atoms with van der Waals surface area (Å²) in [5.74, 6) is 0. The van der Waals surface area contributed by atoms with Crippen LogP contribution in [0.15, 0.2) is 23.3 Å². The molecule has 0 saturated heterocycles. The quantitative estimate of drug-likeness (QED) is 0.672. The molecule has 120 valence electrons. The van der Waals surface area contributed by atoms with Crippen LogP contribution < -0.4 is 5.43 Å².